The number of rotatable bonds is 4. The fourth-order valence-electron chi connectivity index (χ4n) is 1.26. The highest BCUT2D eigenvalue weighted by Gasteiger charge is 2.28. The van der Waals surface area contributed by atoms with Crippen molar-refractivity contribution in [2.24, 2.45) is 0 Å². The third-order valence-electron chi connectivity index (χ3n) is 2.13. The Morgan fingerprint density at radius 2 is 2.18 bits per heavy atom. The third-order valence-corrected chi connectivity index (χ3v) is 2.13. The molecule has 0 unspecified atom stereocenters. The Morgan fingerprint density at radius 3 is 2.65 bits per heavy atom. The summed E-state index contributed by atoms with van der Waals surface area (Å²) in [5.74, 6) is -0.0438. The highest BCUT2D eigenvalue weighted by molar-refractivity contribution is 5.43. The van der Waals surface area contributed by atoms with Gasteiger partial charge in [0.2, 0.25) is 5.88 Å². The predicted octanol–water partition coefficient (Wildman–Crippen LogP) is 1.83. The molecule has 1 aliphatic heterocycles. The van der Waals surface area contributed by atoms with Gasteiger partial charge in [-0.15, -0.1) is 0 Å². The fraction of sp³-hybridized carbons (Fsp3) is 0.500. The first-order valence-corrected chi connectivity index (χ1v) is 5.03. The maximum atomic E-state index is 11.9. The Morgan fingerprint density at radius 1 is 1.41 bits per heavy atom. The van der Waals surface area contributed by atoms with Crippen LogP contribution in [0.15, 0.2) is 18.3 Å². The van der Waals surface area contributed by atoms with Crippen molar-refractivity contribution >= 4 is 5.69 Å². The van der Waals surface area contributed by atoms with Gasteiger partial charge in [0.15, 0.2) is 6.61 Å². The maximum absolute atomic E-state index is 11.9. The van der Waals surface area contributed by atoms with Crippen molar-refractivity contribution < 1.29 is 22.6 Å². The first kappa shape index (κ1) is 12.0. The molecule has 0 radical (unpaired) electrons. The lowest BCUT2D eigenvalue weighted by Gasteiger charge is -2.27. The highest BCUT2D eigenvalue weighted by Crippen LogP contribution is 2.18. The molecule has 0 saturated carbocycles. The van der Waals surface area contributed by atoms with Crippen molar-refractivity contribution in [3.63, 3.8) is 0 Å². The molecule has 17 heavy (non-hydrogen) atoms. The Labute approximate surface area is 95.7 Å². The summed E-state index contributed by atoms with van der Waals surface area (Å²) in [6.07, 6.45) is -2.91. The minimum Gasteiger partial charge on any atom is -0.468 e. The number of nitrogens with one attached hydrogen (secondary N) is 1. The molecular weight excluding hydrogens is 237 g/mol. The molecule has 1 N–H and O–H groups in total. The van der Waals surface area contributed by atoms with Crippen LogP contribution in [0.3, 0.4) is 0 Å². The van der Waals surface area contributed by atoms with Gasteiger partial charge in [-0.1, -0.05) is 0 Å². The lowest BCUT2D eigenvalue weighted by Crippen LogP contribution is -2.40. The van der Waals surface area contributed by atoms with Crippen molar-refractivity contribution in [3.8, 4) is 5.88 Å². The summed E-state index contributed by atoms with van der Waals surface area (Å²) in [7, 11) is 0. The summed E-state index contributed by atoms with van der Waals surface area (Å²) in [6.45, 7) is -0.0676. The van der Waals surface area contributed by atoms with Crippen LogP contribution in [0.5, 0.6) is 5.88 Å². The summed E-state index contributed by atoms with van der Waals surface area (Å²) < 4.78 is 45.1. The van der Waals surface area contributed by atoms with Gasteiger partial charge in [0.05, 0.1) is 31.1 Å². The lowest BCUT2D eigenvalue weighted by atomic mass is 10.2. The molecule has 1 fully saturated rings. The number of aromatic nitrogens is 1. The molecule has 1 aromatic heterocycles. The normalized spacial score (nSPS) is 16.4. The zero-order valence-electron chi connectivity index (χ0n) is 8.83. The van der Waals surface area contributed by atoms with Crippen LogP contribution in [0.4, 0.5) is 18.9 Å². The molecule has 4 nitrogen and oxygen atoms in total. The van der Waals surface area contributed by atoms with E-state index in [1.54, 1.807) is 6.07 Å². The minimum absolute atomic E-state index is 0.0438. The SMILES string of the molecule is FC(F)(F)COc1ccc(NC2COC2)cn1. The first-order chi connectivity index (χ1) is 8.03. The lowest BCUT2D eigenvalue weighted by molar-refractivity contribution is -0.154. The average molecular weight is 248 g/mol. The van der Waals surface area contributed by atoms with Crippen molar-refractivity contribution in [2.75, 3.05) is 25.1 Å². The van der Waals surface area contributed by atoms with Gasteiger partial charge in [0.25, 0.3) is 0 Å². The largest absolute Gasteiger partial charge is 0.468 e. The van der Waals surface area contributed by atoms with E-state index in [0.717, 1.165) is 5.69 Å². The molecule has 1 aliphatic rings. The van der Waals surface area contributed by atoms with E-state index in [9.17, 15) is 13.2 Å². The summed E-state index contributed by atoms with van der Waals surface area (Å²) in [5.41, 5.74) is 0.734. The Kier molecular flexibility index (Phi) is 3.37. The molecule has 0 atom stereocenters. The number of hydrogen-bond donors (Lipinski definition) is 1. The molecule has 0 spiro atoms. The summed E-state index contributed by atoms with van der Waals surface area (Å²) in [5, 5.41) is 3.11. The molecule has 94 valence electrons. The second kappa shape index (κ2) is 4.79. The van der Waals surface area contributed by atoms with Gasteiger partial charge in [0.1, 0.15) is 0 Å². The van der Waals surface area contributed by atoms with E-state index in [1.807, 2.05) is 0 Å². The number of hydrogen-bond acceptors (Lipinski definition) is 4. The molecule has 0 bridgehead atoms. The molecule has 2 heterocycles. The number of pyridine rings is 1. The standard InChI is InChI=1S/C10H11F3N2O2/c11-10(12,13)6-17-9-2-1-7(3-14-9)15-8-4-16-5-8/h1-3,8,15H,4-6H2. The van der Waals surface area contributed by atoms with Gasteiger partial charge in [-0.3, -0.25) is 0 Å². The number of alkyl halides is 3. The number of nitrogens with zero attached hydrogens (tertiary/aromatic N) is 1. The van der Waals surface area contributed by atoms with Crippen LogP contribution >= 0.6 is 0 Å². The topological polar surface area (TPSA) is 43.4 Å². The van der Waals surface area contributed by atoms with E-state index >= 15 is 0 Å². The Bertz CT molecular complexity index is 363. The van der Waals surface area contributed by atoms with E-state index in [4.69, 9.17) is 4.74 Å². The van der Waals surface area contributed by atoms with Gasteiger partial charge in [-0.05, 0) is 6.07 Å². The smallest absolute Gasteiger partial charge is 0.422 e. The molecule has 1 aromatic rings. The number of ether oxygens (including phenoxy) is 2. The number of halogens is 3. The van der Waals surface area contributed by atoms with Crippen molar-refractivity contribution in [3.05, 3.63) is 18.3 Å². The van der Waals surface area contributed by atoms with Crippen LogP contribution in [0.25, 0.3) is 0 Å². The van der Waals surface area contributed by atoms with E-state index in [1.165, 1.54) is 12.3 Å². The number of anilines is 1. The first-order valence-electron chi connectivity index (χ1n) is 5.03. The van der Waals surface area contributed by atoms with Gasteiger partial charge in [-0.2, -0.15) is 13.2 Å². The molecule has 0 aliphatic carbocycles. The van der Waals surface area contributed by atoms with Crippen LogP contribution in [0.1, 0.15) is 0 Å². The third kappa shape index (κ3) is 3.77. The maximum Gasteiger partial charge on any atom is 0.422 e. The van der Waals surface area contributed by atoms with Crippen LogP contribution in [0.2, 0.25) is 0 Å². The van der Waals surface area contributed by atoms with Gasteiger partial charge < -0.3 is 14.8 Å². The van der Waals surface area contributed by atoms with E-state index in [0.29, 0.717) is 13.2 Å². The Hall–Kier alpha value is -1.50. The highest BCUT2D eigenvalue weighted by atomic mass is 19.4. The predicted molar refractivity (Wildman–Crippen MR) is 54.0 cm³/mol. The fourth-order valence-corrected chi connectivity index (χ4v) is 1.26. The van der Waals surface area contributed by atoms with Gasteiger partial charge >= 0.3 is 6.18 Å². The minimum atomic E-state index is -4.35. The van der Waals surface area contributed by atoms with Crippen molar-refractivity contribution in [1.29, 1.82) is 0 Å². The van der Waals surface area contributed by atoms with Crippen LogP contribution < -0.4 is 10.1 Å². The molecule has 2 rings (SSSR count). The molecule has 7 heteroatoms. The van der Waals surface area contributed by atoms with Crippen molar-refractivity contribution in [1.82, 2.24) is 4.98 Å². The summed E-state index contributed by atoms with van der Waals surface area (Å²) in [4.78, 5) is 3.77. The molecule has 0 aromatic carbocycles. The van der Waals surface area contributed by atoms with E-state index < -0.39 is 12.8 Å². The molecule has 1 saturated heterocycles. The van der Waals surface area contributed by atoms with Gasteiger partial charge in [-0.25, -0.2) is 4.98 Å². The van der Waals surface area contributed by atoms with Crippen LogP contribution in [-0.2, 0) is 4.74 Å². The zero-order chi connectivity index (χ0) is 12.3. The quantitative estimate of drug-likeness (QED) is 0.882. The van der Waals surface area contributed by atoms with Gasteiger partial charge in [0, 0.05) is 6.07 Å². The second-order valence-corrected chi connectivity index (χ2v) is 3.67. The zero-order valence-corrected chi connectivity index (χ0v) is 8.83. The second-order valence-electron chi connectivity index (χ2n) is 3.67. The van der Waals surface area contributed by atoms with Crippen LogP contribution in [-0.4, -0.2) is 37.0 Å². The molecular formula is C10H11F3N2O2. The van der Waals surface area contributed by atoms with E-state index in [2.05, 4.69) is 15.0 Å². The summed E-state index contributed by atoms with van der Waals surface area (Å²) >= 11 is 0. The van der Waals surface area contributed by atoms with Crippen LogP contribution in [0, 0.1) is 0 Å². The van der Waals surface area contributed by atoms with E-state index in [-0.39, 0.29) is 11.9 Å². The summed E-state index contributed by atoms with van der Waals surface area (Å²) in [6, 6.07) is 3.27. The van der Waals surface area contributed by atoms with Crippen molar-refractivity contribution in [2.45, 2.75) is 12.2 Å². The monoisotopic (exact) mass is 248 g/mol. The average Bonchev–Trinajstić information content (AvgIpc) is 2.21. The molecule has 0 amide bonds. The Balaban J connectivity index is 1.84.